The molecule has 3 atom stereocenters. The Kier molecular flexibility index (Phi) is 1.65. The van der Waals surface area contributed by atoms with Crippen molar-refractivity contribution in [3.8, 4) is 0 Å². The Bertz CT molecular complexity index is 214. The van der Waals surface area contributed by atoms with Crippen molar-refractivity contribution < 1.29 is 14.3 Å². The summed E-state index contributed by atoms with van der Waals surface area (Å²) in [5, 5.41) is 0. The molecule has 1 aliphatic carbocycles. The zero-order chi connectivity index (χ0) is 8.77. The molecule has 3 nitrogen and oxygen atoms in total. The lowest BCUT2D eigenvalue weighted by Crippen LogP contribution is -2.37. The summed E-state index contributed by atoms with van der Waals surface area (Å²) >= 11 is 0. The highest BCUT2D eigenvalue weighted by Crippen LogP contribution is 2.49. The Morgan fingerprint density at radius 3 is 3.08 bits per heavy atom. The van der Waals surface area contributed by atoms with Crippen molar-refractivity contribution in [2.45, 2.75) is 38.4 Å². The first kappa shape index (κ1) is 8.05. The van der Waals surface area contributed by atoms with Gasteiger partial charge in [-0.3, -0.25) is 4.79 Å². The van der Waals surface area contributed by atoms with Gasteiger partial charge in [-0.05, 0) is 26.2 Å². The van der Waals surface area contributed by atoms with E-state index in [-0.39, 0.29) is 17.5 Å². The third-order valence-electron chi connectivity index (χ3n) is 3.05. The molecule has 2 aliphatic rings. The Morgan fingerprint density at radius 2 is 2.42 bits per heavy atom. The van der Waals surface area contributed by atoms with Crippen LogP contribution in [0.5, 0.6) is 0 Å². The molecule has 1 saturated heterocycles. The van der Waals surface area contributed by atoms with Gasteiger partial charge in [0, 0.05) is 0 Å². The fourth-order valence-electron chi connectivity index (χ4n) is 2.19. The molecule has 0 bridgehead atoms. The highest BCUT2D eigenvalue weighted by molar-refractivity contribution is 5.77. The standard InChI is InChI=1S/C9H14O3/c1-9(8(10)11-2)5-3-4-6-7(9)12-6/h6-7H,3-5H2,1-2H3/t6-,7?,9+/m1/s1. The van der Waals surface area contributed by atoms with E-state index in [1.807, 2.05) is 6.92 Å². The van der Waals surface area contributed by atoms with Crippen LogP contribution < -0.4 is 0 Å². The van der Waals surface area contributed by atoms with E-state index in [2.05, 4.69) is 0 Å². The van der Waals surface area contributed by atoms with E-state index in [1.54, 1.807) is 0 Å². The number of ether oxygens (including phenoxy) is 2. The van der Waals surface area contributed by atoms with Crippen LogP contribution in [0.3, 0.4) is 0 Å². The molecule has 3 heteroatoms. The predicted octanol–water partition coefficient (Wildman–Crippen LogP) is 1.12. The van der Waals surface area contributed by atoms with Crippen LogP contribution in [0.4, 0.5) is 0 Å². The van der Waals surface area contributed by atoms with Gasteiger partial charge < -0.3 is 9.47 Å². The number of carbonyl (C=O) groups excluding carboxylic acids is 1. The van der Waals surface area contributed by atoms with Gasteiger partial charge in [-0.1, -0.05) is 0 Å². The molecule has 0 aromatic carbocycles. The van der Waals surface area contributed by atoms with Crippen molar-refractivity contribution in [1.29, 1.82) is 0 Å². The van der Waals surface area contributed by atoms with E-state index < -0.39 is 0 Å². The van der Waals surface area contributed by atoms with Gasteiger partial charge in [-0.25, -0.2) is 0 Å². The third kappa shape index (κ3) is 0.959. The average Bonchev–Trinajstić information content (AvgIpc) is 2.83. The number of carbonyl (C=O) groups is 1. The normalized spacial score (nSPS) is 44.8. The Balaban J connectivity index is 2.13. The van der Waals surface area contributed by atoms with Crippen molar-refractivity contribution in [3.05, 3.63) is 0 Å². The van der Waals surface area contributed by atoms with Crippen LogP contribution in [0.15, 0.2) is 0 Å². The highest BCUT2D eigenvalue weighted by Gasteiger charge is 2.58. The van der Waals surface area contributed by atoms with Crippen LogP contribution in [-0.4, -0.2) is 25.3 Å². The Morgan fingerprint density at radius 1 is 1.67 bits per heavy atom. The SMILES string of the molecule is COC(=O)[C@@]1(C)CCC[C@H]2OC21. The summed E-state index contributed by atoms with van der Waals surface area (Å²) in [6, 6.07) is 0. The van der Waals surface area contributed by atoms with Gasteiger partial charge in [0.15, 0.2) is 0 Å². The van der Waals surface area contributed by atoms with Gasteiger partial charge in [0.25, 0.3) is 0 Å². The number of hydrogen-bond donors (Lipinski definition) is 0. The average molecular weight is 170 g/mol. The van der Waals surface area contributed by atoms with Crippen LogP contribution in [0.25, 0.3) is 0 Å². The smallest absolute Gasteiger partial charge is 0.314 e. The van der Waals surface area contributed by atoms with E-state index >= 15 is 0 Å². The van der Waals surface area contributed by atoms with Crippen LogP contribution in [0.2, 0.25) is 0 Å². The predicted molar refractivity (Wildman–Crippen MR) is 42.6 cm³/mol. The molecular weight excluding hydrogens is 156 g/mol. The lowest BCUT2D eigenvalue weighted by Gasteiger charge is -2.27. The van der Waals surface area contributed by atoms with Crippen molar-refractivity contribution in [3.63, 3.8) is 0 Å². The van der Waals surface area contributed by atoms with Gasteiger partial charge in [-0.15, -0.1) is 0 Å². The summed E-state index contributed by atoms with van der Waals surface area (Å²) in [5.74, 6) is -0.116. The largest absolute Gasteiger partial charge is 0.469 e. The summed E-state index contributed by atoms with van der Waals surface area (Å²) < 4.78 is 10.2. The lowest BCUT2D eigenvalue weighted by atomic mass is 9.76. The van der Waals surface area contributed by atoms with E-state index in [4.69, 9.17) is 9.47 Å². The highest BCUT2D eigenvalue weighted by atomic mass is 16.6. The molecule has 68 valence electrons. The second-order valence-electron chi connectivity index (χ2n) is 3.90. The summed E-state index contributed by atoms with van der Waals surface area (Å²) in [7, 11) is 1.44. The maximum atomic E-state index is 11.4. The number of epoxide rings is 1. The summed E-state index contributed by atoms with van der Waals surface area (Å²) in [5.41, 5.74) is -0.363. The van der Waals surface area contributed by atoms with Gasteiger partial charge in [0.2, 0.25) is 0 Å². The topological polar surface area (TPSA) is 38.8 Å². The molecule has 1 heterocycles. The van der Waals surface area contributed by atoms with Crippen LogP contribution in [-0.2, 0) is 14.3 Å². The number of esters is 1. The van der Waals surface area contributed by atoms with Crippen LogP contribution >= 0.6 is 0 Å². The van der Waals surface area contributed by atoms with Gasteiger partial charge in [-0.2, -0.15) is 0 Å². The number of methoxy groups -OCH3 is 1. The first-order valence-electron chi connectivity index (χ1n) is 4.42. The lowest BCUT2D eigenvalue weighted by molar-refractivity contribution is -0.153. The zero-order valence-electron chi connectivity index (χ0n) is 7.50. The minimum Gasteiger partial charge on any atom is -0.469 e. The zero-order valence-corrected chi connectivity index (χ0v) is 7.50. The first-order chi connectivity index (χ1) is 5.68. The summed E-state index contributed by atoms with van der Waals surface area (Å²) in [6.07, 6.45) is 3.56. The fourth-order valence-corrected chi connectivity index (χ4v) is 2.19. The molecule has 12 heavy (non-hydrogen) atoms. The molecular formula is C9H14O3. The number of rotatable bonds is 1. The quantitative estimate of drug-likeness (QED) is 0.437. The van der Waals surface area contributed by atoms with E-state index in [9.17, 15) is 4.79 Å². The molecule has 1 saturated carbocycles. The van der Waals surface area contributed by atoms with Gasteiger partial charge >= 0.3 is 5.97 Å². The van der Waals surface area contributed by atoms with Crippen molar-refractivity contribution >= 4 is 5.97 Å². The number of hydrogen-bond acceptors (Lipinski definition) is 3. The van der Waals surface area contributed by atoms with Crippen molar-refractivity contribution in [2.24, 2.45) is 5.41 Å². The molecule has 0 aromatic heterocycles. The molecule has 0 aromatic rings. The number of fused-ring (bicyclic) bond motifs is 1. The van der Waals surface area contributed by atoms with E-state index in [0.29, 0.717) is 6.10 Å². The minimum absolute atomic E-state index is 0.116. The molecule has 0 amide bonds. The molecule has 2 fully saturated rings. The maximum absolute atomic E-state index is 11.4. The Labute approximate surface area is 72.0 Å². The summed E-state index contributed by atoms with van der Waals surface area (Å²) in [6.45, 7) is 1.95. The van der Waals surface area contributed by atoms with Crippen LogP contribution in [0, 0.1) is 5.41 Å². The summed E-state index contributed by atoms with van der Waals surface area (Å²) in [4.78, 5) is 11.4. The van der Waals surface area contributed by atoms with E-state index in [1.165, 1.54) is 7.11 Å². The fraction of sp³-hybridized carbons (Fsp3) is 0.889. The monoisotopic (exact) mass is 170 g/mol. The molecule has 2 rings (SSSR count). The van der Waals surface area contributed by atoms with Crippen molar-refractivity contribution in [2.75, 3.05) is 7.11 Å². The maximum Gasteiger partial charge on any atom is 0.314 e. The van der Waals surface area contributed by atoms with Crippen LogP contribution in [0.1, 0.15) is 26.2 Å². The van der Waals surface area contributed by atoms with Gasteiger partial charge in [0.05, 0.1) is 24.7 Å². The second kappa shape index (κ2) is 2.46. The molecule has 0 spiro atoms. The molecule has 1 unspecified atom stereocenters. The minimum atomic E-state index is -0.363. The molecule has 0 N–H and O–H groups in total. The first-order valence-corrected chi connectivity index (χ1v) is 4.42. The van der Waals surface area contributed by atoms with E-state index in [0.717, 1.165) is 19.3 Å². The molecule has 1 aliphatic heterocycles. The Hall–Kier alpha value is -0.570. The second-order valence-corrected chi connectivity index (χ2v) is 3.90. The van der Waals surface area contributed by atoms with Crippen molar-refractivity contribution in [1.82, 2.24) is 0 Å². The third-order valence-corrected chi connectivity index (χ3v) is 3.05. The molecule has 0 radical (unpaired) electrons. The van der Waals surface area contributed by atoms with Gasteiger partial charge in [0.1, 0.15) is 0 Å².